The smallest absolute Gasteiger partial charge is 0.341 e. The van der Waals surface area contributed by atoms with E-state index in [9.17, 15) is 43.4 Å². The van der Waals surface area contributed by atoms with E-state index in [0.29, 0.717) is 84.4 Å². The van der Waals surface area contributed by atoms with E-state index < -0.39 is 72.8 Å². The summed E-state index contributed by atoms with van der Waals surface area (Å²) in [5.41, 5.74) is -0.706. The van der Waals surface area contributed by atoms with Crippen LogP contribution >= 0.6 is 0 Å². The number of aromatic nitrogens is 3. The number of nitrogens with one attached hydrogen (secondary N) is 3. The number of benzene rings is 3. The summed E-state index contributed by atoms with van der Waals surface area (Å²) in [6.45, 7) is 4.13. The van der Waals surface area contributed by atoms with Crippen LogP contribution in [0.15, 0.2) is 67.0 Å². The highest BCUT2D eigenvalue weighted by atomic mass is 32.2. The molecule has 9 nitrogen and oxygen atoms in total. The summed E-state index contributed by atoms with van der Waals surface area (Å²) in [6.07, 6.45) is -1.74. The average molecular weight is 951 g/mol. The molecule has 11 rings (SSSR count). The van der Waals surface area contributed by atoms with Gasteiger partial charge in [-0.3, -0.25) is 0 Å². The van der Waals surface area contributed by atoms with Crippen molar-refractivity contribution in [1.82, 2.24) is 28.9 Å². The first-order valence-corrected chi connectivity index (χ1v) is 23.9. The molecule has 20 heteroatoms. The number of alkyl halides is 6. The molecule has 3 aromatic carbocycles. The van der Waals surface area contributed by atoms with Crippen molar-refractivity contribution >= 4 is 42.9 Å². The van der Waals surface area contributed by atoms with Gasteiger partial charge in [0.05, 0.1) is 33.4 Å². The zero-order chi connectivity index (χ0) is 46.2. The van der Waals surface area contributed by atoms with E-state index in [1.165, 1.54) is 24.3 Å². The van der Waals surface area contributed by atoms with Gasteiger partial charge in [-0.05, 0) is 103 Å². The summed E-state index contributed by atoms with van der Waals surface area (Å²) < 4.78 is 172. The van der Waals surface area contributed by atoms with Gasteiger partial charge < -0.3 is 14.5 Å². The van der Waals surface area contributed by atoms with Gasteiger partial charge in [-0.15, -0.1) is 0 Å². The van der Waals surface area contributed by atoms with E-state index in [4.69, 9.17) is 0 Å². The number of hydrogen-bond acceptors (Lipinski definition) is 5. The Labute approximate surface area is 370 Å². The highest BCUT2D eigenvalue weighted by Gasteiger charge is 2.38. The minimum Gasteiger partial charge on any atom is -0.341 e. The van der Waals surface area contributed by atoms with E-state index in [2.05, 4.69) is 19.7 Å². The molecular weight excluding hydrogens is 908 g/mol. The molecule has 0 amide bonds. The largest absolute Gasteiger partial charge is 0.417 e. The lowest BCUT2D eigenvalue weighted by Crippen LogP contribution is -2.43. The third kappa shape index (κ3) is 9.46. The van der Waals surface area contributed by atoms with Crippen molar-refractivity contribution < 1.29 is 52.1 Å². The molecule has 5 aliphatic rings. The van der Waals surface area contributed by atoms with Gasteiger partial charge in [-0.25, -0.2) is 40.2 Å². The predicted molar refractivity (Wildman–Crippen MR) is 229 cm³/mol. The first-order chi connectivity index (χ1) is 30.7. The van der Waals surface area contributed by atoms with E-state index in [1.807, 2.05) is 17.7 Å². The van der Waals surface area contributed by atoms with Gasteiger partial charge in [-0.1, -0.05) is 25.1 Å². The third-order valence-electron chi connectivity index (χ3n) is 12.4. The summed E-state index contributed by atoms with van der Waals surface area (Å²) in [6, 6.07) is 10.1. The van der Waals surface area contributed by atoms with Crippen LogP contribution in [-0.2, 0) is 59.4 Å². The van der Waals surface area contributed by atoms with E-state index in [-0.39, 0.29) is 47.1 Å². The fourth-order valence-electron chi connectivity index (χ4n) is 8.42. The fourth-order valence-corrected chi connectivity index (χ4v) is 10.9. The maximum atomic E-state index is 15.2. The second kappa shape index (κ2) is 17.2. The van der Waals surface area contributed by atoms with Crippen LogP contribution < -0.4 is 14.8 Å². The van der Waals surface area contributed by atoms with Crippen LogP contribution in [0.3, 0.4) is 0 Å². The van der Waals surface area contributed by atoms with E-state index in [1.54, 1.807) is 16.8 Å². The maximum absolute atomic E-state index is 15.2. The van der Waals surface area contributed by atoms with Crippen molar-refractivity contribution in [2.75, 3.05) is 13.1 Å². The van der Waals surface area contributed by atoms with E-state index in [0.717, 1.165) is 36.6 Å². The van der Waals surface area contributed by atoms with Gasteiger partial charge in [0.1, 0.15) is 28.8 Å². The quantitative estimate of drug-likeness (QED) is 0.119. The molecule has 65 heavy (non-hydrogen) atoms. The molecule has 0 radical (unpaired) electrons. The highest BCUT2D eigenvalue weighted by Crippen LogP contribution is 2.42. The van der Waals surface area contributed by atoms with Crippen LogP contribution in [0, 0.1) is 23.4 Å². The van der Waals surface area contributed by atoms with Crippen LogP contribution in [0.2, 0.25) is 0 Å². The third-order valence-corrected chi connectivity index (χ3v) is 15.8. The van der Waals surface area contributed by atoms with Crippen LogP contribution in [0.25, 0.3) is 44.3 Å². The van der Waals surface area contributed by atoms with Crippen molar-refractivity contribution in [3.8, 4) is 22.4 Å². The number of sulfonamides is 1. The Morgan fingerprint density at radius 2 is 1.46 bits per heavy atom. The van der Waals surface area contributed by atoms with Gasteiger partial charge >= 0.3 is 12.4 Å². The molecule has 4 bridgehead atoms. The standard InChI is InChI=1S/C23H23F4N3O2S.C22H20F5N3OS/c1-13-2-3-14-4-7-17(19(8-14)23(25,26)27)21-20(24)9-18-15(12-30(11-13)22(18)29-21)10-28-33(31,32)16-5-6-16;23-13-1-4-16(19(5-13)22(25,26)27)18-7-21-17(6-20(18)24)12(8-29-32(31)15-2-3-15)11-30(21)14-9-28-10-14/h4,7-9,12-13,16,28H,2-3,5-6,10-11H2,1H3;1,4-7,11,14-15,28-29H,2-3,8-10H2. The first-order valence-electron chi connectivity index (χ1n) is 21.2. The average Bonchev–Trinajstić information content (AvgIpc) is 4.16. The number of rotatable bonds is 10. The molecule has 2 aliphatic carbocycles. The molecule has 1 saturated heterocycles. The number of fused-ring (bicyclic) bond motifs is 6. The number of halogens is 9. The van der Waals surface area contributed by atoms with Crippen molar-refractivity contribution in [1.29, 1.82) is 0 Å². The molecule has 2 unspecified atom stereocenters. The van der Waals surface area contributed by atoms with Gasteiger partial charge in [-0.2, -0.15) is 26.3 Å². The summed E-state index contributed by atoms with van der Waals surface area (Å²) in [5.74, 6) is -2.64. The van der Waals surface area contributed by atoms with Gasteiger partial charge in [0.15, 0.2) is 0 Å². The molecule has 6 heterocycles. The number of aryl methyl sites for hydroxylation is 1. The maximum Gasteiger partial charge on any atom is 0.417 e. The minimum atomic E-state index is -4.83. The monoisotopic (exact) mass is 950 g/mol. The van der Waals surface area contributed by atoms with Crippen LogP contribution in [-0.4, -0.2) is 50.3 Å². The predicted octanol–water partition coefficient (Wildman–Crippen LogP) is 9.69. The Balaban J connectivity index is 0.000000164. The van der Waals surface area contributed by atoms with Crippen LogP contribution in [0.4, 0.5) is 39.5 Å². The normalized spacial score (nSPS) is 18.6. The summed E-state index contributed by atoms with van der Waals surface area (Å²) in [4.78, 5) is 4.35. The Morgan fingerprint density at radius 1 is 0.785 bits per heavy atom. The summed E-state index contributed by atoms with van der Waals surface area (Å²) in [7, 11) is -4.62. The second-order valence-electron chi connectivity index (χ2n) is 17.3. The Hall–Kier alpha value is -4.76. The number of pyridine rings is 1. The molecular formula is C45H43F9N6O3S2. The lowest BCUT2D eigenvalue weighted by Gasteiger charge is -2.29. The summed E-state index contributed by atoms with van der Waals surface area (Å²) >= 11 is 0. The van der Waals surface area contributed by atoms with Crippen LogP contribution in [0.1, 0.15) is 72.9 Å². The molecule has 3 fully saturated rings. The van der Waals surface area contributed by atoms with Crippen molar-refractivity contribution in [2.45, 2.75) is 94.0 Å². The zero-order valence-corrected chi connectivity index (χ0v) is 36.4. The van der Waals surface area contributed by atoms with Crippen molar-refractivity contribution in [3.05, 3.63) is 112 Å². The molecule has 3 N–H and O–H groups in total. The molecule has 3 aliphatic heterocycles. The molecule has 346 valence electrons. The fraction of sp³-hybridized carbons (Fsp3) is 0.400. The number of hydrogen-bond donors (Lipinski definition) is 3. The van der Waals surface area contributed by atoms with Gasteiger partial charge in [0.2, 0.25) is 10.0 Å². The van der Waals surface area contributed by atoms with E-state index >= 15 is 8.78 Å². The van der Waals surface area contributed by atoms with Crippen LogP contribution in [0.5, 0.6) is 0 Å². The first kappa shape index (κ1) is 45.4. The molecule has 6 aromatic rings. The van der Waals surface area contributed by atoms with Crippen molar-refractivity contribution in [2.24, 2.45) is 5.92 Å². The lowest BCUT2D eigenvalue weighted by molar-refractivity contribution is -0.138. The summed E-state index contributed by atoms with van der Waals surface area (Å²) in [5, 5.41) is 3.84. The minimum absolute atomic E-state index is 0.0285. The Morgan fingerprint density at radius 3 is 2.12 bits per heavy atom. The molecule has 2 atom stereocenters. The van der Waals surface area contributed by atoms with Crippen molar-refractivity contribution in [3.63, 3.8) is 0 Å². The lowest BCUT2D eigenvalue weighted by atomic mass is 9.95. The topological polar surface area (TPSA) is 110 Å². The second-order valence-corrected chi connectivity index (χ2v) is 20.9. The molecule has 0 spiro atoms. The Kier molecular flexibility index (Phi) is 12.0. The zero-order valence-electron chi connectivity index (χ0n) is 34.7. The Bertz CT molecular complexity index is 2960. The number of nitrogens with zero attached hydrogens (tertiary/aromatic N) is 3. The highest BCUT2D eigenvalue weighted by molar-refractivity contribution is 7.90. The van der Waals surface area contributed by atoms with Gasteiger partial charge in [0, 0.05) is 77.8 Å². The van der Waals surface area contributed by atoms with Gasteiger partial charge in [0.25, 0.3) is 0 Å². The SMILES string of the molecule is CC1CCc2ccc(c(C(F)(F)F)c2)-c2nc3c(cc2F)c(CNS(=O)(=O)C2CC2)cn3C1.O=S(NCc1cn(C2CNC2)c2cc(-c3ccc(F)cc3C(F)(F)F)c(F)cc12)C1CC1. The molecule has 3 aromatic heterocycles. The molecule has 2 saturated carbocycles.